The van der Waals surface area contributed by atoms with Gasteiger partial charge in [0, 0.05) is 19.6 Å². The average molecular weight is 403 g/mol. The van der Waals surface area contributed by atoms with Crippen molar-refractivity contribution < 1.29 is 19.1 Å². The van der Waals surface area contributed by atoms with Gasteiger partial charge < -0.3 is 19.3 Å². The van der Waals surface area contributed by atoms with Crippen molar-refractivity contribution in [3.8, 4) is 0 Å². The summed E-state index contributed by atoms with van der Waals surface area (Å²) >= 11 is 0. The number of hydrogen-bond acceptors (Lipinski definition) is 4. The average Bonchev–Trinajstić information content (AvgIpc) is 2.81. The lowest BCUT2D eigenvalue weighted by Gasteiger charge is -2.49. The summed E-state index contributed by atoms with van der Waals surface area (Å²) in [6.45, 7) is 11.7. The zero-order chi connectivity index (χ0) is 21.3. The fourth-order valence-electron chi connectivity index (χ4n) is 4.29. The quantitative estimate of drug-likeness (QED) is 0.751. The van der Waals surface area contributed by atoms with Crippen LogP contribution < -0.4 is 0 Å². The van der Waals surface area contributed by atoms with Gasteiger partial charge in [0.1, 0.15) is 11.2 Å². The van der Waals surface area contributed by atoms with E-state index >= 15 is 0 Å². The highest BCUT2D eigenvalue weighted by atomic mass is 16.6. The third-order valence-corrected chi connectivity index (χ3v) is 5.52. The van der Waals surface area contributed by atoms with Crippen LogP contribution in [0.4, 0.5) is 4.79 Å². The second-order valence-electron chi connectivity index (χ2n) is 9.76. The summed E-state index contributed by atoms with van der Waals surface area (Å²) in [5.74, 6) is 0.0141. The zero-order valence-corrected chi connectivity index (χ0v) is 18.4. The maximum Gasteiger partial charge on any atom is 0.410 e. The predicted molar refractivity (Wildman–Crippen MR) is 111 cm³/mol. The minimum Gasteiger partial charge on any atom is -0.444 e. The monoisotopic (exact) mass is 402 g/mol. The van der Waals surface area contributed by atoms with Crippen LogP contribution in [0.25, 0.3) is 0 Å². The van der Waals surface area contributed by atoms with Crippen molar-refractivity contribution in [3.63, 3.8) is 0 Å². The second-order valence-corrected chi connectivity index (χ2v) is 9.76. The van der Waals surface area contributed by atoms with Gasteiger partial charge in [0.05, 0.1) is 12.1 Å². The molecule has 1 aromatic rings. The molecule has 1 aromatic carbocycles. The zero-order valence-electron chi connectivity index (χ0n) is 18.4. The Morgan fingerprint density at radius 1 is 1.14 bits per heavy atom. The predicted octanol–water partition coefficient (Wildman–Crippen LogP) is 3.98. The van der Waals surface area contributed by atoms with Crippen molar-refractivity contribution >= 4 is 12.0 Å². The van der Waals surface area contributed by atoms with Gasteiger partial charge in [0.15, 0.2) is 0 Å². The Balaban J connectivity index is 1.74. The third-order valence-electron chi connectivity index (χ3n) is 5.52. The van der Waals surface area contributed by atoms with Crippen LogP contribution in [0.3, 0.4) is 0 Å². The van der Waals surface area contributed by atoms with Crippen LogP contribution in [-0.4, -0.2) is 58.2 Å². The number of hydrogen-bond donors (Lipinski definition) is 0. The van der Waals surface area contributed by atoms with Crippen molar-refractivity contribution in [2.45, 2.75) is 77.2 Å². The normalized spacial score (nSPS) is 25.1. The molecule has 0 saturated carbocycles. The molecule has 2 amide bonds. The highest BCUT2D eigenvalue weighted by Crippen LogP contribution is 2.38. The molecule has 160 valence electrons. The van der Waals surface area contributed by atoms with E-state index in [0.717, 1.165) is 18.4 Å². The van der Waals surface area contributed by atoms with Gasteiger partial charge in [-0.15, -0.1) is 0 Å². The number of carbonyl (C=O) groups is 2. The van der Waals surface area contributed by atoms with Crippen LogP contribution in [0.5, 0.6) is 0 Å². The van der Waals surface area contributed by atoms with E-state index in [1.165, 1.54) is 0 Å². The molecule has 2 heterocycles. The van der Waals surface area contributed by atoms with Gasteiger partial charge in [-0.2, -0.15) is 0 Å². The third kappa shape index (κ3) is 5.30. The molecular weight excluding hydrogens is 368 g/mol. The Kier molecular flexibility index (Phi) is 5.95. The van der Waals surface area contributed by atoms with Crippen LogP contribution in [0, 0.1) is 0 Å². The fourth-order valence-corrected chi connectivity index (χ4v) is 4.29. The maximum absolute atomic E-state index is 13.0. The van der Waals surface area contributed by atoms with E-state index in [1.54, 1.807) is 4.90 Å². The minimum absolute atomic E-state index is 0.0141. The molecule has 0 aromatic heterocycles. The summed E-state index contributed by atoms with van der Waals surface area (Å²) in [5, 5.41) is 0. The molecule has 2 fully saturated rings. The first-order valence-corrected chi connectivity index (χ1v) is 10.5. The standard InChI is InChI=1S/C23H34N2O4/c1-21(2,3)28-20(27)24-14-9-12-23(13-15-24)17-25(19(26)22(4,5)29-23)16-18-10-7-6-8-11-18/h6-8,10-11H,9,12-17H2,1-5H3. The fraction of sp³-hybridized carbons (Fsp3) is 0.652. The van der Waals surface area contributed by atoms with Crippen molar-refractivity contribution in [2.75, 3.05) is 19.6 Å². The number of ether oxygens (including phenoxy) is 2. The van der Waals surface area contributed by atoms with Gasteiger partial charge in [-0.1, -0.05) is 30.3 Å². The van der Waals surface area contributed by atoms with E-state index in [4.69, 9.17) is 9.47 Å². The number of likely N-dealkylation sites (tertiary alicyclic amines) is 1. The molecule has 0 radical (unpaired) electrons. The second kappa shape index (κ2) is 7.98. The van der Waals surface area contributed by atoms with Gasteiger partial charge >= 0.3 is 6.09 Å². The Morgan fingerprint density at radius 3 is 2.48 bits per heavy atom. The van der Waals surface area contributed by atoms with E-state index < -0.39 is 16.8 Å². The molecule has 1 atom stereocenters. The van der Waals surface area contributed by atoms with E-state index in [9.17, 15) is 9.59 Å². The molecule has 0 N–H and O–H groups in total. The van der Waals surface area contributed by atoms with Gasteiger partial charge in [-0.05, 0) is 59.4 Å². The first-order valence-electron chi connectivity index (χ1n) is 10.5. The van der Waals surface area contributed by atoms with E-state index in [-0.39, 0.29) is 12.0 Å². The molecule has 2 aliphatic rings. The number of rotatable bonds is 2. The topological polar surface area (TPSA) is 59.1 Å². The largest absolute Gasteiger partial charge is 0.444 e. The van der Waals surface area contributed by atoms with Crippen LogP contribution in [0.15, 0.2) is 30.3 Å². The van der Waals surface area contributed by atoms with Crippen LogP contribution in [0.1, 0.15) is 59.4 Å². The maximum atomic E-state index is 13.0. The summed E-state index contributed by atoms with van der Waals surface area (Å²) in [6.07, 6.45) is 2.05. The van der Waals surface area contributed by atoms with Gasteiger partial charge in [0.25, 0.3) is 5.91 Å². The summed E-state index contributed by atoms with van der Waals surface area (Å²) in [7, 11) is 0. The lowest BCUT2D eigenvalue weighted by Crippen LogP contribution is -2.62. The van der Waals surface area contributed by atoms with E-state index in [1.807, 2.05) is 69.9 Å². The summed E-state index contributed by atoms with van der Waals surface area (Å²) in [4.78, 5) is 29.2. The molecule has 0 aliphatic carbocycles. The molecule has 0 bridgehead atoms. The summed E-state index contributed by atoms with van der Waals surface area (Å²) in [5.41, 5.74) is -0.724. The van der Waals surface area contributed by atoms with E-state index in [2.05, 4.69) is 0 Å². The molecule has 6 heteroatoms. The van der Waals surface area contributed by atoms with E-state index in [0.29, 0.717) is 32.6 Å². The van der Waals surface area contributed by atoms with Gasteiger partial charge in [0.2, 0.25) is 0 Å². The molecule has 1 unspecified atom stereocenters. The number of benzene rings is 1. The Hall–Kier alpha value is -2.08. The number of amides is 2. The summed E-state index contributed by atoms with van der Waals surface area (Å²) in [6, 6.07) is 10.0. The lowest BCUT2D eigenvalue weighted by molar-refractivity contribution is -0.210. The minimum atomic E-state index is -0.881. The Labute approximate surface area is 174 Å². The first kappa shape index (κ1) is 21.6. The SMILES string of the molecule is CC(C)(C)OC(=O)N1CCCC2(CC1)CN(Cc1ccccc1)C(=O)C(C)(C)O2. The van der Waals surface area contributed by atoms with Gasteiger partial charge in [-0.25, -0.2) is 4.79 Å². The molecule has 1 spiro atoms. The number of carbonyl (C=O) groups excluding carboxylic acids is 2. The molecule has 3 rings (SSSR count). The van der Waals surface area contributed by atoms with Gasteiger partial charge in [-0.3, -0.25) is 4.79 Å². The smallest absolute Gasteiger partial charge is 0.410 e. The van der Waals surface area contributed by atoms with Crippen molar-refractivity contribution in [1.29, 1.82) is 0 Å². The molecule has 6 nitrogen and oxygen atoms in total. The Bertz CT molecular complexity index is 741. The van der Waals surface area contributed by atoms with Crippen LogP contribution >= 0.6 is 0 Å². The number of nitrogens with zero attached hydrogens (tertiary/aromatic N) is 2. The van der Waals surface area contributed by atoms with Crippen LogP contribution in [0.2, 0.25) is 0 Å². The highest BCUT2D eigenvalue weighted by Gasteiger charge is 2.50. The molecule has 2 saturated heterocycles. The highest BCUT2D eigenvalue weighted by molar-refractivity contribution is 5.85. The van der Waals surface area contributed by atoms with Crippen molar-refractivity contribution in [1.82, 2.24) is 9.80 Å². The first-order chi connectivity index (χ1) is 13.5. The molecule has 2 aliphatic heterocycles. The van der Waals surface area contributed by atoms with Crippen LogP contribution in [-0.2, 0) is 20.8 Å². The van der Waals surface area contributed by atoms with Crippen molar-refractivity contribution in [3.05, 3.63) is 35.9 Å². The lowest BCUT2D eigenvalue weighted by atomic mass is 9.88. The number of morpholine rings is 1. The Morgan fingerprint density at radius 2 is 1.83 bits per heavy atom. The van der Waals surface area contributed by atoms with Crippen molar-refractivity contribution in [2.24, 2.45) is 0 Å². The molecule has 29 heavy (non-hydrogen) atoms. The summed E-state index contributed by atoms with van der Waals surface area (Å²) < 4.78 is 12.0. The molecular formula is C23H34N2O4.